The normalized spacial score (nSPS) is 9.43. The second-order valence-electron chi connectivity index (χ2n) is 2.59. The summed E-state index contributed by atoms with van der Waals surface area (Å²) in [5.74, 6) is -0.849. The Morgan fingerprint density at radius 1 is 1.64 bits per heavy atom. The van der Waals surface area contributed by atoms with Gasteiger partial charge in [-0.1, -0.05) is 0 Å². The van der Waals surface area contributed by atoms with E-state index in [2.05, 4.69) is 0 Å². The molecule has 5 nitrogen and oxygen atoms in total. The molecule has 2 N–H and O–H groups in total. The van der Waals surface area contributed by atoms with Gasteiger partial charge < -0.3 is 5.73 Å². The third-order valence-electron chi connectivity index (χ3n) is 1.66. The molecule has 0 radical (unpaired) electrons. The second kappa shape index (κ2) is 3.70. The highest BCUT2D eigenvalue weighted by atomic mass is 19.1. The quantitative estimate of drug-likeness (QED) is 0.438. The average molecular weight is 195 g/mol. The zero-order valence-electron chi connectivity index (χ0n) is 7.03. The van der Waals surface area contributed by atoms with E-state index in [1.807, 2.05) is 0 Å². The van der Waals surface area contributed by atoms with Crippen molar-refractivity contribution in [1.82, 2.24) is 0 Å². The largest absolute Gasteiger partial charge is 0.396 e. The summed E-state index contributed by atoms with van der Waals surface area (Å²) in [5.41, 5.74) is 4.72. The van der Waals surface area contributed by atoms with Gasteiger partial charge in [0.15, 0.2) is 5.82 Å². The smallest absolute Gasteiger partial charge is 0.276 e. The highest BCUT2D eigenvalue weighted by Crippen LogP contribution is 2.24. The highest BCUT2D eigenvalue weighted by molar-refractivity contribution is 5.53. The Kier molecular flexibility index (Phi) is 2.62. The number of nitrogens with two attached hydrogens (primary N) is 1. The van der Waals surface area contributed by atoms with Gasteiger partial charge in [0.25, 0.3) is 5.69 Å². The predicted molar refractivity (Wildman–Crippen MR) is 46.8 cm³/mol. The molecule has 1 aromatic carbocycles. The van der Waals surface area contributed by atoms with Crippen molar-refractivity contribution < 1.29 is 9.31 Å². The zero-order chi connectivity index (χ0) is 10.7. The molecule has 0 fully saturated rings. The fourth-order valence-electron chi connectivity index (χ4n) is 1.02. The molecule has 0 aliphatic carbocycles. The van der Waals surface area contributed by atoms with E-state index in [1.54, 1.807) is 6.07 Å². The standard InChI is InChI=1S/C8H6FN3O2/c9-6-4-8(12(13)14)5(1-2-10)3-7(6)11/h3-4H,1,11H2. The van der Waals surface area contributed by atoms with Gasteiger partial charge in [-0.25, -0.2) is 4.39 Å². The molecule has 0 atom stereocenters. The molecule has 6 heteroatoms. The lowest BCUT2D eigenvalue weighted by Gasteiger charge is -2.01. The topological polar surface area (TPSA) is 93.0 Å². The summed E-state index contributed by atoms with van der Waals surface area (Å²) in [6, 6.07) is 3.58. The molecule has 0 saturated carbocycles. The number of halogens is 1. The lowest BCUT2D eigenvalue weighted by atomic mass is 10.1. The van der Waals surface area contributed by atoms with Crippen LogP contribution in [-0.2, 0) is 6.42 Å². The summed E-state index contributed by atoms with van der Waals surface area (Å²) in [6.45, 7) is 0. The molecular weight excluding hydrogens is 189 g/mol. The Labute approximate surface area is 78.7 Å². The van der Waals surface area contributed by atoms with Crippen LogP contribution in [0.4, 0.5) is 15.8 Å². The van der Waals surface area contributed by atoms with E-state index in [9.17, 15) is 14.5 Å². The number of nitro groups is 1. The Morgan fingerprint density at radius 2 is 2.29 bits per heavy atom. The van der Waals surface area contributed by atoms with Crippen LogP contribution in [-0.4, -0.2) is 4.92 Å². The van der Waals surface area contributed by atoms with Gasteiger partial charge >= 0.3 is 0 Å². The van der Waals surface area contributed by atoms with E-state index in [-0.39, 0.29) is 17.7 Å². The minimum absolute atomic E-state index is 0.122. The molecule has 14 heavy (non-hydrogen) atoms. The molecule has 0 aliphatic heterocycles. The van der Waals surface area contributed by atoms with E-state index in [0.29, 0.717) is 0 Å². The highest BCUT2D eigenvalue weighted by Gasteiger charge is 2.16. The van der Waals surface area contributed by atoms with Crippen LogP contribution in [0.1, 0.15) is 5.56 Å². The molecular formula is C8H6FN3O2. The van der Waals surface area contributed by atoms with Crippen LogP contribution in [0.25, 0.3) is 0 Å². The first-order valence-corrected chi connectivity index (χ1v) is 3.65. The van der Waals surface area contributed by atoms with Crippen molar-refractivity contribution in [3.63, 3.8) is 0 Å². The first-order chi connectivity index (χ1) is 6.56. The van der Waals surface area contributed by atoms with Crippen molar-refractivity contribution in [3.8, 4) is 6.07 Å². The van der Waals surface area contributed by atoms with E-state index in [1.165, 1.54) is 0 Å². The van der Waals surface area contributed by atoms with Crippen molar-refractivity contribution in [2.75, 3.05) is 5.73 Å². The van der Waals surface area contributed by atoms with Crippen molar-refractivity contribution in [3.05, 3.63) is 33.6 Å². The first kappa shape index (κ1) is 9.92. The Balaban J connectivity index is 3.32. The maximum atomic E-state index is 12.8. The maximum Gasteiger partial charge on any atom is 0.276 e. The Hall–Kier alpha value is -2.16. The van der Waals surface area contributed by atoms with Gasteiger partial charge in [0.2, 0.25) is 0 Å². The van der Waals surface area contributed by atoms with Crippen LogP contribution in [0, 0.1) is 27.3 Å². The van der Waals surface area contributed by atoms with Gasteiger partial charge in [-0.2, -0.15) is 5.26 Å². The Bertz CT molecular complexity index is 425. The minimum atomic E-state index is -0.849. The second-order valence-corrected chi connectivity index (χ2v) is 2.59. The molecule has 0 heterocycles. The van der Waals surface area contributed by atoms with Crippen molar-refractivity contribution in [1.29, 1.82) is 5.26 Å². The Morgan fingerprint density at radius 3 is 2.79 bits per heavy atom. The van der Waals surface area contributed by atoms with E-state index >= 15 is 0 Å². The number of anilines is 1. The predicted octanol–water partition coefficient (Wildman–Crippen LogP) is 1.38. The molecule has 1 aromatic rings. The van der Waals surface area contributed by atoms with E-state index in [0.717, 1.165) is 12.1 Å². The average Bonchev–Trinajstić information content (AvgIpc) is 2.11. The fourth-order valence-corrected chi connectivity index (χ4v) is 1.02. The van der Waals surface area contributed by atoms with Crippen LogP contribution in [0.3, 0.4) is 0 Å². The lowest BCUT2D eigenvalue weighted by molar-refractivity contribution is -0.385. The van der Waals surface area contributed by atoms with Crippen molar-refractivity contribution in [2.24, 2.45) is 0 Å². The molecule has 0 spiro atoms. The molecule has 0 unspecified atom stereocenters. The SMILES string of the molecule is N#CCc1cc(N)c(F)cc1[N+](=O)[O-]. The van der Waals surface area contributed by atoms with E-state index in [4.69, 9.17) is 11.0 Å². The summed E-state index contributed by atoms with van der Waals surface area (Å²) in [4.78, 5) is 9.71. The molecule has 0 amide bonds. The summed E-state index contributed by atoms with van der Waals surface area (Å²) in [6.07, 6.45) is -0.166. The number of hydrogen-bond acceptors (Lipinski definition) is 4. The number of nitrogens with zero attached hydrogens (tertiary/aromatic N) is 2. The van der Waals surface area contributed by atoms with Crippen molar-refractivity contribution in [2.45, 2.75) is 6.42 Å². The summed E-state index contributed by atoms with van der Waals surface area (Å²) >= 11 is 0. The zero-order valence-corrected chi connectivity index (χ0v) is 7.03. The number of rotatable bonds is 2. The number of hydrogen-bond donors (Lipinski definition) is 1. The van der Waals surface area contributed by atoms with Gasteiger partial charge in [0, 0.05) is 5.56 Å². The van der Waals surface area contributed by atoms with Gasteiger partial charge in [-0.05, 0) is 6.07 Å². The molecule has 0 aliphatic rings. The maximum absolute atomic E-state index is 12.8. The van der Waals surface area contributed by atoms with E-state index < -0.39 is 16.4 Å². The number of nitro benzene ring substituents is 1. The third-order valence-corrected chi connectivity index (χ3v) is 1.66. The van der Waals surface area contributed by atoms with Crippen LogP contribution in [0.2, 0.25) is 0 Å². The first-order valence-electron chi connectivity index (χ1n) is 3.65. The van der Waals surface area contributed by atoms with Crippen LogP contribution in [0.15, 0.2) is 12.1 Å². The number of nitrogen functional groups attached to an aromatic ring is 1. The molecule has 0 bridgehead atoms. The summed E-state index contributed by atoms with van der Waals surface area (Å²) < 4.78 is 12.8. The van der Waals surface area contributed by atoms with Crippen LogP contribution >= 0.6 is 0 Å². The lowest BCUT2D eigenvalue weighted by Crippen LogP contribution is -1.99. The van der Waals surface area contributed by atoms with Crippen LogP contribution in [0.5, 0.6) is 0 Å². The minimum Gasteiger partial charge on any atom is -0.396 e. The summed E-state index contributed by atoms with van der Waals surface area (Å²) in [7, 11) is 0. The van der Waals surface area contributed by atoms with Gasteiger partial charge in [0.1, 0.15) is 0 Å². The number of benzene rings is 1. The molecule has 0 saturated heterocycles. The third kappa shape index (κ3) is 1.77. The number of nitriles is 1. The summed E-state index contributed by atoms with van der Waals surface area (Å²) in [5, 5.41) is 18.8. The van der Waals surface area contributed by atoms with Crippen molar-refractivity contribution >= 4 is 11.4 Å². The molecule has 0 aromatic heterocycles. The van der Waals surface area contributed by atoms with Gasteiger partial charge in [-0.15, -0.1) is 0 Å². The molecule has 1 rings (SSSR count). The van der Waals surface area contributed by atoms with Gasteiger partial charge in [-0.3, -0.25) is 10.1 Å². The van der Waals surface area contributed by atoms with Crippen LogP contribution < -0.4 is 5.73 Å². The van der Waals surface area contributed by atoms with Gasteiger partial charge in [0.05, 0.1) is 29.2 Å². The molecule has 72 valence electrons. The monoisotopic (exact) mass is 195 g/mol. The fraction of sp³-hybridized carbons (Fsp3) is 0.125.